The number of nitrogens with one attached hydrogen (secondary N) is 2. The van der Waals surface area contributed by atoms with Gasteiger partial charge in [-0.3, -0.25) is 4.79 Å². The van der Waals surface area contributed by atoms with Crippen LogP contribution in [0.3, 0.4) is 0 Å². The van der Waals surface area contributed by atoms with E-state index in [0.717, 1.165) is 25.0 Å². The summed E-state index contributed by atoms with van der Waals surface area (Å²) in [7, 11) is -3.81. The molecule has 0 bridgehead atoms. The predicted molar refractivity (Wildman–Crippen MR) is 98.2 cm³/mol. The van der Waals surface area contributed by atoms with Crippen LogP contribution in [0.15, 0.2) is 33.7 Å². The first-order valence-electron chi connectivity index (χ1n) is 9.14. The molecule has 1 saturated carbocycles. The molecule has 1 aliphatic carbocycles. The minimum Gasteiger partial charge on any atom is -0.344 e. The summed E-state index contributed by atoms with van der Waals surface area (Å²) in [5.41, 5.74) is 0. The molecule has 2 N–H and O–H groups in total. The van der Waals surface area contributed by atoms with Crippen molar-refractivity contribution in [2.24, 2.45) is 5.92 Å². The average molecular weight is 410 g/mol. The van der Waals surface area contributed by atoms with E-state index < -0.39 is 21.9 Å². The number of nitrogens with zero attached hydrogens (tertiary/aromatic N) is 2. The zero-order valence-electron chi connectivity index (χ0n) is 15.7. The highest BCUT2D eigenvalue weighted by molar-refractivity contribution is 7.89. The minimum atomic E-state index is -3.81. The highest BCUT2D eigenvalue weighted by Crippen LogP contribution is 2.38. The van der Waals surface area contributed by atoms with Crippen LogP contribution in [0, 0.1) is 11.7 Å². The van der Waals surface area contributed by atoms with Crippen molar-refractivity contribution in [2.75, 3.05) is 6.54 Å². The molecule has 1 aliphatic rings. The van der Waals surface area contributed by atoms with Crippen molar-refractivity contribution in [3.63, 3.8) is 0 Å². The number of hydrogen-bond acceptors (Lipinski definition) is 6. The molecule has 0 radical (unpaired) electrons. The first kappa shape index (κ1) is 20.4. The summed E-state index contributed by atoms with van der Waals surface area (Å²) in [5.74, 6) is 0.531. The fourth-order valence-electron chi connectivity index (χ4n) is 2.64. The number of rotatable bonds is 9. The molecule has 1 atom stereocenters. The molecule has 0 spiro atoms. The number of hydrogen-bond donors (Lipinski definition) is 2. The first-order valence-corrected chi connectivity index (χ1v) is 10.6. The molecular weight excluding hydrogens is 387 g/mol. The zero-order chi connectivity index (χ0) is 20.3. The van der Waals surface area contributed by atoms with E-state index in [1.807, 2.05) is 13.8 Å². The summed E-state index contributed by atoms with van der Waals surface area (Å²) in [4.78, 5) is 16.6. The van der Waals surface area contributed by atoms with Gasteiger partial charge in [-0.15, -0.1) is 0 Å². The maximum Gasteiger partial charge on any atom is 0.249 e. The Morgan fingerprint density at radius 3 is 2.57 bits per heavy atom. The van der Waals surface area contributed by atoms with E-state index in [1.54, 1.807) is 0 Å². The summed E-state index contributed by atoms with van der Waals surface area (Å²) >= 11 is 0. The maximum atomic E-state index is 12.9. The molecule has 10 heteroatoms. The molecule has 1 fully saturated rings. The van der Waals surface area contributed by atoms with E-state index in [4.69, 9.17) is 4.52 Å². The Bertz CT molecular complexity index is 923. The highest BCUT2D eigenvalue weighted by Gasteiger charge is 2.31. The number of amides is 1. The van der Waals surface area contributed by atoms with Crippen molar-refractivity contribution in [1.29, 1.82) is 0 Å². The second-order valence-corrected chi connectivity index (χ2v) is 8.92. The lowest BCUT2D eigenvalue weighted by molar-refractivity contribution is -0.122. The molecule has 0 aliphatic heterocycles. The van der Waals surface area contributed by atoms with Gasteiger partial charge < -0.3 is 9.84 Å². The molecule has 152 valence electrons. The molecule has 1 aromatic heterocycles. The van der Waals surface area contributed by atoms with Crippen LogP contribution < -0.4 is 10.0 Å². The van der Waals surface area contributed by atoms with Crippen LogP contribution in [0.5, 0.6) is 0 Å². The third kappa shape index (κ3) is 5.14. The number of halogens is 1. The Kier molecular flexibility index (Phi) is 6.09. The molecule has 1 unspecified atom stereocenters. The van der Waals surface area contributed by atoms with E-state index in [1.165, 1.54) is 12.1 Å². The van der Waals surface area contributed by atoms with Gasteiger partial charge in [0.25, 0.3) is 0 Å². The summed E-state index contributed by atoms with van der Waals surface area (Å²) in [6, 6.07) is 4.02. The Morgan fingerprint density at radius 1 is 1.29 bits per heavy atom. The number of carbonyl (C=O) groups excluding carboxylic acids is 1. The van der Waals surface area contributed by atoms with E-state index >= 15 is 0 Å². The molecule has 1 amide bonds. The number of sulfonamides is 1. The standard InChI is InChI=1S/C18H23FN4O4S/c1-11(2)16(18-22-17(23-27-18)12-3-4-12)21-15(24)9-10-20-28(25,26)14-7-5-13(19)6-8-14/h5-8,11-12,16,20H,3-4,9-10H2,1-2H3,(H,21,24). The van der Waals surface area contributed by atoms with E-state index in [-0.39, 0.29) is 29.7 Å². The van der Waals surface area contributed by atoms with Gasteiger partial charge in [-0.2, -0.15) is 4.98 Å². The van der Waals surface area contributed by atoms with Gasteiger partial charge in [0, 0.05) is 18.9 Å². The molecule has 0 saturated heterocycles. The van der Waals surface area contributed by atoms with Crippen molar-refractivity contribution in [3.8, 4) is 0 Å². The van der Waals surface area contributed by atoms with Crippen molar-refractivity contribution in [1.82, 2.24) is 20.2 Å². The van der Waals surface area contributed by atoms with Gasteiger partial charge in [0.05, 0.1) is 4.90 Å². The largest absolute Gasteiger partial charge is 0.344 e. The van der Waals surface area contributed by atoms with E-state index in [2.05, 4.69) is 20.2 Å². The van der Waals surface area contributed by atoms with Gasteiger partial charge in [0.2, 0.25) is 21.8 Å². The zero-order valence-corrected chi connectivity index (χ0v) is 16.5. The van der Waals surface area contributed by atoms with Crippen molar-refractivity contribution < 1.29 is 22.1 Å². The first-order chi connectivity index (χ1) is 13.3. The van der Waals surface area contributed by atoms with Crippen molar-refractivity contribution >= 4 is 15.9 Å². The quantitative estimate of drug-likeness (QED) is 0.655. The molecule has 8 nitrogen and oxygen atoms in total. The lowest BCUT2D eigenvalue weighted by atomic mass is 10.0. The highest BCUT2D eigenvalue weighted by atomic mass is 32.2. The lowest BCUT2D eigenvalue weighted by Gasteiger charge is -2.18. The van der Waals surface area contributed by atoms with Gasteiger partial charge in [0.15, 0.2) is 5.82 Å². The van der Waals surface area contributed by atoms with Crippen LogP contribution >= 0.6 is 0 Å². The third-order valence-electron chi connectivity index (χ3n) is 4.42. The Morgan fingerprint density at radius 2 is 1.96 bits per heavy atom. The molecule has 28 heavy (non-hydrogen) atoms. The van der Waals surface area contributed by atoms with Crippen LogP contribution in [-0.4, -0.2) is 31.0 Å². The summed E-state index contributed by atoms with van der Waals surface area (Å²) in [6.07, 6.45) is 2.03. The summed E-state index contributed by atoms with van der Waals surface area (Å²) in [5, 5.41) is 6.79. The normalized spacial score (nSPS) is 15.6. The van der Waals surface area contributed by atoms with E-state index in [0.29, 0.717) is 17.6 Å². The van der Waals surface area contributed by atoms with Gasteiger partial charge in [0.1, 0.15) is 11.9 Å². The second kappa shape index (κ2) is 8.36. The maximum absolute atomic E-state index is 12.9. The average Bonchev–Trinajstić information content (AvgIpc) is 3.37. The third-order valence-corrected chi connectivity index (χ3v) is 5.89. The molecule has 1 aromatic carbocycles. The second-order valence-electron chi connectivity index (χ2n) is 7.16. The number of carbonyl (C=O) groups is 1. The topological polar surface area (TPSA) is 114 Å². The molecule has 2 aromatic rings. The van der Waals surface area contributed by atoms with Crippen molar-refractivity contribution in [2.45, 2.75) is 50.0 Å². The van der Waals surface area contributed by atoms with Gasteiger partial charge in [-0.05, 0) is 43.0 Å². The van der Waals surface area contributed by atoms with Crippen molar-refractivity contribution in [3.05, 3.63) is 41.8 Å². The van der Waals surface area contributed by atoms with Crippen LogP contribution in [0.1, 0.15) is 56.8 Å². The van der Waals surface area contributed by atoms with E-state index in [9.17, 15) is 17.6 Å². The summed E-state index contributed by atoms with van der Waals surface area (Å²) < 4.78 is 44.9. The number of benzene rings is 1. The SMILES string of the molecule is CC(C)C(NC(=O)CCNS(=O)(=O)c1ccc(F)cc1)c1nc(C2CC2)no1. The molecule has 1 heterocycles. The fourth-order valence-corrected chi connectivity index (χ4v) is 3.67. The van der Waals surface area contributed by atoms with Crippen LogP contribution in [0.4, 0.5) is 4.39 Å². The fraction of sp³-hybridized carbons (Fsp3) is 0.500. The van der Waals surface area contributed by atoms with Crippen LogP contribution in [0.2, 0.25) is 0 Å². The Labute approximate surface area is 163 Å². The molecular formula is C18H23FN4O4S. The Hall–Kier alpha value is -2.33. The van der Waals surface area contributed by atoms with Gasteiger partial charge in [-0.25, -0.2) is 17.5 Å². The van der Waals surface area contributed by atoms with Gasteiger partial charge in [-0.1, -0.05) is 19.0 Å². The lowest BCUT2D eigenvalue weighted by Crippen LogP contribution is -2.35. The summed E-state index contributed by atoms with van der Waals surface area (Å²) in [6.45, 7) is 3.75. The number of aromatic nitrogens is 2. The Balaban J connectivity index is 1.53. The monoisotopic (exact) mass is 410 g/mol. The predicted octanol–water partition coefficient (Wildman–Crippen LogP) is 2.27. The van der Waals surface area contributed by atoms with Crippen LogP contribution in [-0.2, 0) is 14.8 Å². The molecule has 3 rings (SSSR count). The van der Waals surface area contributed by atoms with Crippen LogP contribution in [0.25, 0.3) is 0 Å². The smallest absolute Gasteiger partial charge is 0.249 e. The van der Waals surface area contributed by atoms with Gasteiger partial charge >= 0.3 is 0 Å². The minimum absolute atomic E-state index is 0.0207.